The first-order chi connectivity index (χ1) is 5.68. The smallest absolute Gasteiger partial charge is 0.317 e. The molecule has 0 aliphatic heterocycles. The van der Waals surface area contributed by atoms with Gasteiger partial charge >= 0.3 is 5.97 Å². The van der Waals surface area contributed by atoms with Crippen molar-refractivity contribution in [1.29, 1.82) is 0 Å². The Morgan fingerprint density at radius 1 is 1.50 bits per heavy atom. The van der Waals surface area contributed by atoms with E-state index in [9.17, 15) is 4.79 Å². The summed E-state index contributed by atoms with van der Waals surface area (Å²) in [5, 5.41) is 8.52. The summed E-state index contributed by atoms with van der Waals surface area (Å²) in [5.74, 6) is -0.765. The molecule has 0 aliphatic rings. The topological polar surface area (TPSA) is 37.3 Å². The van der Waals surface area contributed by atoms with Gasteiger partial charge in [0.05, 0.1) is 0 Å². The van der Waals surface area contributed by atoms with Gasteiger partial charge in [-0.2, -0.15) is 0 Å². The molecule has 0 aromatic carbocycles. The maximum atomic E-state index is 10.4. The predicted molar refractivity (Wildman–Crippen MR) is 53.6 cm³/mol. The Hall–Kier alpha value is -0.310. The number of allylic oxidation sites excluding steroid dienone is 1. The maximum Gasteiger partial charge on any atom is 0.317 e. The molecule has 1 unspecified atom stereocenters. The van der Waals surface area contributed by atoms with E-state index in [2.05, 4.69) is 22.5 Å². The highest BCUT2D eigenvalue weighted by Crippen LogP contribution is 2.11. The molecular weight excluding hydrogens is 220 g/mol. The number of carboxylic acids is 1. The van der Waals surface area contributed by atoms with E-state index in [0.29, 0.717) is 6.42 Å². The summed E-state index contributed by atoms with van der Waals surface area (Å²) >= 11 is 3.09. The molecule has 0 fully saturated rings. The first-order valence-corrected chi connectivity index (χ1v) is 5.08. The van der Waals surface area contributed by atoms with Gasteiger partial charge in [-0.05, 0) is 19.3 Å². The fourth-order valence-electron chi connectivity index (χ4n) is 0.912. The van der Waals surface area contributed by atoms with E-state index in [-0.39, 0.29) is 4.83 Å². The van der Waals surface area contributed by atoms with Gasteiger partial charge in [0.15, 0.2) is 0 Å². The van der Waals surface area contributed by atoms with Crippen LogP contribution in [0.3, 0.4) is 0 Å². The van der Waals surface area contributed by atoms with Gasteiger partial charge in [-0.15, -0.1) is 6.58 Å². The maximum absolute atomic E-state index is 10.4. The fourth-order valence-corrected chi connectivity index (χ4v) is 1.24. The van der Waals surface area contributed by atoms with Gasteiger partial charge in [0.25, 0.3) is 0 Å². The lowest BCUT2D eigenvalue weighted by Crippen LogP contribution is -2.11. The molecule has 2 nitrogen and oxygen atoms in total. The van der Waals surface area contributed by atoms with Crippen LogP contribution in [0.4, 0.5) is 0 Å². The fraction of sp³-hybridized carbons (Fsp3) is 0.667. The van der Waals surface area contributed by atoms with Gasteiger partial charge in [0, 0.05) is 0 Å². The van der Waals surface area contributed by atoms with E-state index in [0.717, 1.165) is 25.7 Å². The van der Waals surface area contributed by atoms with Crippen LogP contribution < -0.4 is 0 Å². The number of halogens is 1. The van der Waals surface area contributed by atoms with Crippen molar-refractivity contribution in [2.45, 2.75) is 36.9 Å². The summed E-state index contributed by atoms with van der Waals surface area (Å²) in [4.78, 5) is 9.98. The van der Waals surface area contributed by atoms with Gasteiger partial charge < -0.3 is 5.11 Å². The largest absolute Gasteiger partial charge is 0.480 e. The number of carboxylic acid groups (broad SMARTS) is 1. The van der Waals surface area contributed by atoms with Crippen molar-refractivity contribution in [3.63, 3.8) is 0 Å². The molecule has 0 saturated carbocycles. The molecule has 12 heavy (non-hydrogen) atoms. The molecule has 0 aromatic rings. The van der Waals surface area contributed by atoms with Gasteiger partial charge in [-0.1, -0.05) is 34.8 Å². The Morgan fingerprint density at radius 3 is 2.67 bits per heavy atom. The number of aliphatic carboxylic acids is 1. The molecule has 70 valence electrons. The minimum atomic E-state index is -0.765. The van der Waals surface area contributed by atoms with Crippen molar-refractivity contribution in [2.24, 2.45) is 0 Å². The number of rotatable bonds is 7. The highest BCUT2D eigenvalue weighted by molar-refractivity contribution is 9.10. The Balaban J connectivity index is 3.19. The Labute approximate surface area is 81.8 Å². The lowest BCUT2D eigenvalue weighted by atomic mass is 10.1. The van der Waals surface area contributed by atoms with E-state index in [1.54, 1.807) is 0 Å². The molecule has 0 aromatic heterocycles. The third-order valence-electron chi connectivity index (χ3n) is 1.63. The Morgan fingerprint density at radius 2 is 2.17 bits per heavy atom. The van der Waals surface area contributed by atoms with Crippen LogP contribution in [-0.2, 0) is 4.79 Å². The first-order valence-electron chi connectivity index (χ1n) is 4.16. The number of hydrogen-bond donors (Lipinski definition) is 1. The van der Waals surface area contributed by atoms with Crippen molar-refractivity contribution >= 4 is 21.9 Å². The van der Waals surface area contributed by atoms with E-state index < -0.39 is 5.97 Å². The van der Waals surface area contributed by atoms with Crippen molar-refractivity contribution in [2.75, 3.05) is 0 Å². The monoisotopic (exact) mass is 234 g/mol. The van der Waals surface area contributed by atoms with E-state index in [1.807, 2.05) is 6.08 Å². The molecule has 0 amide bonds. The third-order valence-corrected chi connectivity index (χ3v) is 2.48. The number of alkyl halides is 1. The van der Waals surface area contributed by atoms with Crippen LogP contribution in [-0.4, -0.2) is 15.9 Å². The summed E-state index contributed by atoms with van der Waals surface area (Å²) in [6.45, 7) is 3.62. The summed E-state index contributed by atoms with van der Waals surface area (Å²) in [6.07, 6.45) is 6.80. The SMILES string of the molecule is C=CCCCCCC(Br)C(=O)O. The summed E-state index contributed by atoms with van der Waals surface area (Å²) < 4.78 is 0. The molecule has 0 bridgehead atoms. The molecule has 0 rings (SSSR count). The van der Waals surface area contributed by atoms with Crippen LogP contribution in [0.2, 0.25) is 0 Å². The highest BCUT2D eigenvalue weighted by Gasteiger charge is 2.11. The zero-order chi connectivity index (χ0) is 9.40. The van der Waals surface area contributed by atoms with Crippen LogP contribution >= 0.6 is 15.9 Å². The van der Waals surface area contributed by atoms with Crippen molar-refractivity contribution in [3.8, 4) is 0 Å². The quantitative estimate of drug-likeness (QED) is 0.418. The minimum Gasteiger partial charge on any atom is -0.480 e. The number of hydrogen-bond acceptors (Lipinski definition) is 1. The van der Waals surface area contributed by atoms with Gasteiger partial charge in [-0.3, -0.25) is 4.79 Å². The molecule has 0 heterocycles. The Kier molecular flexibility index (Phi) is 7.16. The molecule has 0 spiro atoms. The van der Waals surface area contributed by atoms with E-state index in [4.69, 9.17) is 5.11 Å². The zero-order valence-electron chi connectivity index (χ0n) is 7.13. The second kappa shape index (κ2) is 7.35. The summed E-state index contributed by atoms with van der Waals surface area (Å²) in [5.41, 5.74) is 0. The summed E-state index contributed by atoms with van der Waals surface area (Å²) in [7, 11) is 0. The highest BCUT2D eigenvalue weighted by atomic mass is 79.9. The van der Waals surface area contributed by atoms with E-state index >= 15 is 0 Å². The Bertz CT molecular complexity index is 145. The van der Waals surface area contributed by atoms with Gasteiger partial charge in [-0.25, -0.2) is 0 Å². The standard InChI is InChI=1S/C9H15BrO2/c1-2-3-4-5-6-7-8(10)9(11)12/h2,8H,1,3-7H2,(H,11,12). The van der Waals surface area contributed by atoms with Crippen LogP contribution in [0.5, 0.6) is 0 Å². The predicted octanol–water partition coefficient (Wildman–Crippen LogP) is 2.97. The van der Waals surface area contributed by atoms with Crippen molar-refractivity contribution in [1.82, 2.24) is 0 Å². The first kappa shape index (κ1) is 11.7. The normalized spacial score (nSPS) is 12.4. The molecule has 0 radical (unpaired) electrons. The van der Waals surface area contributed by atoms with Crippen LogP contribution in [0.15, 0.2) is 12.7 Å². The molecule has 1 N–H and O–H groups in total. The van der Waals surface area contributed by atoms with Crippen LogP contribution in [0.25, 0.3) is 0 Å². The minimum absolute atomic E-state index is 0.374. The average molecular weight is 235 g/mol. The molecule has 0 saturated heterocycles. The molecule has 0 aliphatic carbocycles. The van der Waals surface area contributed by atoms with Crippen LogP contribution in [0.1, 0.15) is 32.1 Å². The second-order valence-corrected chi connectivity index (χ2v) is 3.84. The van der Waals surface area contributed by atoms with Crippen LogP contribution in [0, 0.1) is 0 Å². The van der Waals surface area contributed by atoms with Crippen molar-refractivity contribution in [3.05, 3.63) is 12.7 Å². The second-order valence-electron chi connectivity index (χ2n) is 2.73. The average Bonchev–Trinajstić information content (AvgIpc) is 2.03. The van der Waals surface area contributed by atoms with E-state index in [1.165, 1.54) is 0 Å². The molecular formula is C9H15BrO2. The lowest BCUT2D eigenvalue weighted by Gasteiger charge is -2.02. The number of unbranched alkanes of at least 4 members (excludes halogenated alkanes) is 3. The lowest BCUT2D eigenvalue weighted by molar-refractivity contribution is -0.136. The van der Waals surface area contributed by atoms with Crippen molar-refractivity contribution < 1.29 is 9.90 Å². The number of carbonyl (C=O) groups is 1. The summed E-state index contributed by atoms with van der Waals surface area (Å²) in [6, 6.07) is 0. The van der Waals surface area contributed by atoms with Gasteiger partial charge in [0.2, 0.25) is 0 Å². The molecule has 1 atom stereocenters. The molecule has 3 heteroatoms. The zero-order valence-corrected chi connectivity index (χ0v) is 8.72. The third kappa shape index (κ3) is 6.40. The van der Waals surface area contributed by atoms with Gasteiger partial charge in [0.1, 0.15) is 4.83 Å².